The SMILES string of the molecule is COc1ccc(C(=O)OCC(=O)Nc2ccc3ccccc3c2)cc1N. The zero-order valence-corrected chi connectivity index (χ0v) is 14.2. The lowest BCUT2D eigenvalue weighted by Crippen LogP contribution is -2.21. The van der Waals surface area contributed by atoms with E-state index < -0.39 is 18.5 Å². The Morgan fingerprint density at radius 2 is 1.77 bits per heavy atom. The van der Waals surface area contributed by atoms with Crippen LogP contribution in [0.15, 0.2) is 60.7 Å². The largest absolute Gasteiger partial charge is 0.495 e. The molecule has 0 atom stereocenters. The fraction of sp³-hybridized carbons (Fsp3) is 0.100. The van der Waals surface area contributed by atoms with Crippen LogP contribution in [0.2, 0.25) is 0 Å². The van der Waals surface area contributed by atoms with Gasteiger partial charge in [-0.1, -0.05) is 30.3 Å². The molecule has 3 aromatic carbocycles. The van der Waals surface area contributed by atoms with Gasteiger partial charge >= 0.3 is 5.97 Å². The number of carbonyl (C=O) groups is 2. The number of rotatable bonds is 5. The van der Waals surface area contributed by atoms with Gasteiger partial charge in [0.05, 0.1) is 18.4 Å². The number of fused-ring (bicyclic) bond motifs is 1. The van der Waals surface area contributed by atoms with Crippen molar-refractivity contribution in [3.63, 3.8) is 0 Å². The van der Waals surface area contributed by atoms with Gasteiger partial charge in [0.15, 0.2) is 6.61 Å². The van der Waals surface area contributed by atoms with Gasteiger partial charge in [-0.05, 0) is 41.1 Å². The normalized spacial score (nSPS) is 10.3. The highest BCUT2D eigenvalue weighted by Crippen LogP contribution is 2.22. The van der Waals surface area contributed by atoms with Crippen molar-refractivity contribution in [1.82, 2.24) is 0 Å². The number of nitrogens with one attached hydrogen (secondary N) is 1. The molecule has 0 bridgehead atoms. The smallest absolute Gasteiger partial charge is 0.338 e. The third kappa shape index (κ3) is 3.92. The second kappa shape index (κ2) is 7.57. The average Bonchev–Trinajstić information content (AvgIpc) is 2.66. The average molecular weight is 350 g/mol. The first-order valence-corrected chi connectivity index (χ1v) is 7.96. The fourth-order valence-corrected chi connectivity index (χ4v) is 2.54. The third-order valence-electron chi connectivity index (χ3n) is 3.83. The molecule has 1 amide bonds. The molecule has 0 unspecified atom stereocenters. The van der Waals surface area contributed by atoms with Gasteiger partial charge in [-0.25, -0.2) is 4.79 Å². The van der Waals surface area contributed by atoms with E-state index in [1.54, 1.807) is 12.1 Å². The van der Waals surface area contributed by atoms with E-state index in [9.17, 15) is 9.59 Å². The Morgan fingerprint density at radius 3 is 2.50 bits per heavy atom. The van der Waals surface area contributed by atoms with Crippen molar-refractivity contribution in [1.29, 1.82) is 0 Å². The first-order valence-electron chi connectivity index (χ1n) is 7.96. The van der Waals surface area contributed by atoms with Gasteiger partial charge in [0.25, 0.3) is 5.91 Å². The standard InChI is InChI=1S/C20H18N2O4/c1-25-18-9-7-15(11-17(18)21)20(24)26-12-19(23)22-16-8-6-13-4-2-3-5-14(13)10-16/h2-11H,12,21H2,1H3,(H,22,23). The fourth-order valence-electron chi connectivity index (χ4n) is 2.54. The molecule has 0 aliphatic rings. The molecule has 0 saturated carbocycles. The summed E-state index contributed by atoms with van der Waals surface area (Å²) in [5.41, 5.74) is 6.97. The predicted molar refractivity (Wildman–Crippen MR) is 100 cm³/mol. The lowest BCUT2D eigenvalue weighted by molar-refractivity contribution is -0.119. The Kier molecular flexibility index (Phi) is 5.03. The topological polar surface area (TPSA) is 90.6 Å². The first kappa shape index (κ1) is 17.3. The van der Waals surface area contributed by atoms with Crippen molar-refractivity contribution in [2.75, 3.05) is 24.8 Å². The predicted octanol–water partition coefficient (Wildman–Crippen LogP) is 3.23. The molecule has 132 valence electrons. The monoisotopic (exact) mass is 350 g/mol. The van der Waals surface area contributed by atoms with Crippen LogP contribution >= 0.6 is 0 Å². The maximum atomic E-state index is 12.0. The number of nitrogens with two attached hydrogens (primary N) is 1. The van der Waals surface area contributed by atoms with Crippen LogP contribution in [0.1, 0.15) is 10.4 Å². The van der Waals surface area contributed by atoms with E-state index in [0.717, 1.165) is 10.8 Å². The molecule has 0 aromatic heterocycles. The number of esters is 1. The maximum absolute atomic E-state index is 12.0. The summed E-state index contributed by atoms with van der Waals surface area (Å²) in [7, 11) is 1.49. The lowest BCUT2D eigenvalue weighted by Gasteiger charge is -2.09. The van der Waals surface area contributed by atoms with Gasteiger partial charge < -0.3 is 20.5 Å². The molecule has 3 rings (SSSR count). The van der Waals surface area contributed by atoms with E-state index in [1.807, 2.05) is 36.4 Å². The summed E-state index contributed by atoms with van der Waals surface area (Å²) in [6.07, 6.45) is 0. The molecule has 3 N–H and O–H groups in total. The lowest BCUT2D eigenvalue weighted by atomic mass is 10.1. The van der Waals surface area contributed by atoms with Crippen LogP contribution in [0.25, 0.3) is 10.8 Å². The second-order valence-corrected chi connectivity index (χ2v) is 5.64. The van der Waals surface area contributed by atoms with Crippen molar-refractivity contribution < 1.29 is 19.1 Å². The molecule has 6 nitrogen and oxygen atoms in total. The molecule has 0 saturated heterocycles. The van der Waals surface area contributed by atoms with E-state index in [1.165, 1.54) is 19.2 Å². The van der Waals surface area contributed by atoms with Gasteiger partial charge in [0, 0.05) is 5.69 Å². The summed E-state index contributed by atoms with van der Waals surface area (Å²) in [6.45, 7) is -0.391. The maximum Gasteiger partial charge on any atom is 0.338 e. The Bertz CT molecular complexity index is 969. The van der Waals surface area contributed by atoms with Crippen LogP contribution in [0.4, 0.5) is 11.4 Å². The van der Waals surface area contributed by atoms with Crippen LogP contribution in [-0.2, 0) is 9.53 Å². The number of nitrogen functional groups attached to an aromatic ring is 1. The van der Waals surface area contributed by atoms with Gasteiger partial charge in [-0.15, -0.1) is 0 Å². The number of methoxy groups -OCH3 is 1. The van der Waals surface area contributed by atoms with Crippen molar-refractivity contribution in [2.24, 2.45) is 0 Å². The van der Waals surface area contributed by atoms with Crippen molar-refractivity contribution in [3.8, 4) is 5.75 Å². The van der Waals surface area contributed by atoms with Crippen LogP contribution in [0.3, 0.4) is 0 Å². The van der Waals surface area contributed by atoms with E-state index >= 15 is 0 Å². The van der Waals surface area contributed by atoms with Crippen LogP contribution in [-0.4, -0.2) is 25.6 Å². The summed E-state index contributed by atoms with van der Waals surface area (Å²) in [5, 5.41) is 4.80. The molecule has 0 aliphatic carbocycles. The van der Waals surface area contributed by atoms with E-state index in [0.29, 0.717) is 17.1 Å². The summed E-state index contributed by atoms with van der Waals surface area (Å²) < 4.78 is 10.1. The molecule has 26 heavy (non-hydrogen) atoms. The molecule has 0 spiro atoms. The summed E-state index contributed by atoms with van der Waals surface area (Å²) in [6, 6.07) is 17.9. The minimum atomic E-state index is -0.631. The molecule has 0 heterocycles. The second-order valence-electron chi connectivity index (χ2n) is 5.64. The number of hydrogen-bond donors (Lipinski definition) is 2. The molecular weight excluding hydrogens is 332 g/mol. The molecule has 0 fully saturated rings. The molecule has 0 radical (unpaired) electrons. The number of hydrogen-bond acceptors (Lipinski definition) is 5. The molecular formula is C20H18N2O4. The van der Waals surface area contributed by atoms with Crippen molar-refractivity contribution in [3.05, 3.63) is 66.2 Å². The highest BCUT2D eigenvalue weighted by molar-refractivity contribution is 5.97. The van der Waals surface area contributed by atoms with Gasteiger partial charge in [0.1, 0.15) is 5.75 Å². The Hall–Kier alpha value is -3.54. The summed E-state index contributed by atoms with van der Waals surface area (Å²) >= 11 is 0. The quantitative estimate of drug-likeness (QED) is 0.545. The van der Waals surface area contributed by atoms with Crippen molar-refractivity contribution in [2.45, 2.75) is 0 Å². The Labute approximate surface area is 150 Å². The van der Waals surface area contributed by atoms with Gasteiger partial charge in [-0.2, -0.15) is 0 Å². The number of carbonyl (C=O) groups excluding carboxylic acids is 2. The molecule has 0 aliphatic heterocycles. The summed E-state index contributed by atoms with van der Waals surface area (Å²) in [5.74, 6) is -0.585. The number of benzene rings is 3. The van der Waals surface area contributed by atoms with E-state index in [4.69, 9.17) is 15.2 Å². The zero-order valence-electron chi connectivity index (χ0n) is 14.2. The van der Waals surface area contributed by atoms with E-state index in [2.05, 4.69) is 5.32 Å². The van der Waals surface area contributed by atoms with Gasteiger partial charge in [-0.3, -0.25) is 4.79 Å². The Balaban J connectivity index is 1.59. The summed E-state index contributed by atoms with van der Waals surface area (Å²) in [4.78, 5) is 24.0. The number of ether oxygens (including phenoxy) is 2. The third-order valence-corrected chi connectivity index (χ3v) is 3.83. The molecule has 3 aromatic rings. The number of amides is 1. The zero-order chi connectivity index (χ0) is 18.5. The minimum absolute atomic E-state index is 0.252. The Morgan fingerprint density at radius 1 is 1.00 bits per heavy atom. The highest BCUT2D eigenvalue weighted by Gasteiger charge is 2.12. The highest BCUT2D eigenvalue weighted by atomic mass is 16.5. The minimum Gasteiger partial charge on any atom is -0.495 e. The van der Waals surface area contributed by atoms with Crippen LogP contribution < -0.4 is 15.8 Å². The van der Waals surface area contributed by atoms with E-state index in [-0.39, 0.29) is 5.56 Å². The number of anilines is 2. The molecule has 6 heteroatoms. The van der Waals surface area contributed by atoms with Crippen molar-refractivity contribution >= 4 is 34.0 Å². The van der Waals surface area contributed by atoms with Crippen LogP contribution in [0, 0.1) is 0 Å². The van der Waals surface area contributed by atoms with Gasteiger partial charge in [0.2, 0.25) is 0 Å². The van der Waals surface area contributed by atoms with Crippen LogP contribution in [0.5, 0.6) is 5.75 Å². The first-order chi connectivity index (χ1) is 12.6.